The molecule has 1 aliphatic carbocycles. The van der Waals surface area contributed by atoms with Crippen LogP contribution in [0.1, 0.15) is 50.8 Å². The lowest BCUT2D eigenvalue weighted by atomic mass is 9.95. The average Bonchev–Trinajstić information content (AvgIpc) is 2.88. The Hall–Kier alpha value is -0.610. The minimum atomic E-state index is 0.734. The van der Waals surface area contributed by atoms with Crippen molar-refractivity contribution in [1.29, 1.82) is 0 Å². The first kappa shape index (κ1) is 13.8. The maximum absolute atomic E-state index is 4.53. The molecule has 0 radical (unpaired) electrons. The van der Waals surface area contributed by atoms with Gasteiger partial charge in [-0.25, -0.2) is 4.98 Å². The van der Waals surface area contributed by atoms with Gasteiger partial charge in [-0.05, 0) is 26.7 Å². The van der Waals surface area contributed by atoms with E-state index >= 15 is 0 Å². The number of nitrogens with one attached hydrogen (secondary N) is 1. The fourth-order valence-corrected chi connectivity index (χ4v) is 3.56. The largest absolute Gasteiger partial charge is 0.349 e. The molecule has 102 valence electrons. The lowest BCUT2D eigenvalue weighted by Crippen LogP contribution is -2.30. The highest BCUT2D eigenvalue weighted by atomic mass is 32.1. The van der Waals surface area contributed by atoms with Gasteiger partial charge in [0.05, 0.1) is 0 Å². The quantitative estimate of drug-likeness (QED) is 0.856. The van der Waals surface area contributed by atoms with Crippen LogP contribution in [0.2, 0.25) is 0 Å². The van der Waals surface area contributed by atoms with E-state index in [4.69, 9.17) is 0 Å². The van der Waals surface area contributed by atoms with Gasteiger partial charge in [-0.3, -0.25) is 0 Å². The average molecular weight is 267 g/mol. The fraction of sp³-hybridized carbons (Fsp3) is 0.786. The predicted molar refractivity (Wildman–Crippen MR) is 79.4 cm³/mol. The summed E-state index contributed by atoms with van der Waals surface area (Å²) >= 11 is 1.83. The Bertz CT molecular complexity index is 341. The number of hydrogen-bond acceptors (Lipinski definition) is 4. The summed E-state index contributed by atoms with van der Waals surface area (Å²) in [7, 11) is 0. The van der Waals surface area contributed by atoms with Crippen molar-refractivity contribution in [2.45, 2.75) is 58.5 Å². The predicted octanol–water partition coefficient (Wildman–Crippen LogP) is 3.41. The van der Waals surface area contributed by atoms with E-state index in [9.17, 15) is 0 Å². The molecule has 1 aromatic rings. The van der Waals surface area contributed by atoms with Crippen LogP contribution in [-0.4, -0.2) is 24.1 Å². The highest BCUT2D eigenvalue weighted by Gasteiger charge is 2.13. The second-order valence-electron chi connectivity index (χ2n) is 5.00. The third-order valence-corrected chi connectivity index (χ3v) is 4.80. The molecule has 1 fully saturated rings. The van der Waals surface area contributed by atoms with Crippen molar-refractivity contribution in [3.8, 4) is 0 Å². The van der Waals surface area contributed by atoms with Crippen molar-refractivity contribution >= 4 is 16.5 Å². The monoisotopic (exact) mass is 267 g/mol. The second kappa shape index (κ2) is 7.10. The molecule has 1 saturated carbocycles. The molecular formula is C14H25N3S. The summed E-state index contributed by atoms with van der Waals surface area (Å²) in [6.07, 6.45) is 8.94. The van der Waals surface area contributed by atoms with Gasteiger partial charge in [-0.1, -0.05) is 19.3 Å². The van der Waals surface area contributed by atoms with E-state index in [2.05, 4.69) is 29.0 Å². The van der Waals surface area contributed by atoms with Gasteiger partial charge in [0.2, 0.25) is 0 Å². The second-order valence-corrected chi connectivity index (χ2v) is 6.09. The van der Waals surface area contributed by atoms with Gasteiger partial charge in [0.15, 0.2) is 5.13 Å². The Morgan fingerprint density at radius 3 is 2.67 bits per heavy atom. The highest BCUT2D eigenvalue weighted by Crippen LogP contribution is 2.23. The molecular weight excluding hydrogens is 242 g/mol. The first-order chi connectivity index (χ1) is 8.83. The minimum absolute atomic E-state index is 0.734. The Morgan fingerprint density at radius 2 is 2.00 bits per heavy atom. The number of nitrogens with zero attached hydrogens (tertiary/aromatic N) is 2. The lowest BCUT2D eigenvalue weighted by Gasteiger charge is -2.22. The Labute approximate surface area is 115 Å². The van der Waals surface area contributed by atoms with Crippen LogP contribution in [-0.2, 0) is 6.54 Å². The molecule has 2 rings (SSSR count). The van der Waals surface area contributed by atoms with Crippen molar-refractivity contribution < 1.29 is 0 Å². The number of aromatic nitrogens is 1. The van der Waals surface area contributed by atoms with Crippen molar-refractivity contribution in [3.05, 3.63) is 11.1 Å². The van der Waals surface area contributed by atoms with Gasteiger partial charge in [-0.15, -0.1) is 11.3 Å². The molecule has 0 aromatic carbocycles. The molecule has 4 heteroatoms. The van der Waals surface area contributed by atoms with E-state index in [-0.39, 0.29) is 0 Å². The lowest BCUT2D eigenvalue weighted by molar-refractivity contribution is 0.373. The minimum Gasteiger partial charge on any atom is -0.349 e. The molecule has 0 spiro atoms. The van der Waals surface area contributed by atoms with E-state index < -0.39 is 0 Å². The van der Waals surface area contributed by atoms with Gasteiger partial charge in [0, 0.05) is 36.8 Å². The van der Waals surface area contributed by atoms with Crippen LogP contribution in [0.15, 0.2) is 6.20 Å². The summed E-state index contributed by atoms with van der Waals surface area (Å²) in [5.41, 5.74) is 0. The van der Waals surface area contributed by atoms with Crippen LogP contribution in [0, 0.1) is 0 Å². The van der Waals surface area contributed by atoms with E-state index in [0.717, 1.165) is 25.7 Å². The number of hydrogen-bond donors (Lipinski definition) is 1. The first-order valence-corrected chi connectivity index (χ1v) is 8.08. The third kappa shape index (κ3) is 3.69. The zero-order valence-corrected chi connectivity index (χ0v) is 12.4. The summed E-state index contributed by atoms with van der Waals surface area (Å²) < 4.78 is 0. The number of rotatable bonds is 6. The summed E-state index contributed by atoms with van der Waals surface area (Å²) in [5.74, 6) is 0. The van der Waals surface area contributed by atoms with E-state index in [1.54, 1.807) is 0 Å². The normalized spacial score (nSPS) is 17.0. The Kier molecular flexibility index (Phi) is 5.45. The molecule has 1 aliphatic rings. The maximum Gasteiger partial charge on any atom is 0.185 e. The van der Waals surface area contributed by atoms with Crippen LogP contribution in [0.4, 0.5) is 5.13 Å². The van der Waals surface area contributed by atoms with E-state index in [1.165, 1.54) is 42.1 Å². The Balaban J connectivity index is 1.82. The third-order valence-electron chi connectivity index (χ3n) is 3.75. The smallest absolute Gasteiger partial charge is 0.185 e. The molecule has 1 aromatic heterocycles. The molecule has 0 aliphatic heterocycles. The molecule has 0 atom stereocenters. The number of thiazole rings is 1. The zero-order chi connectivity index (χ0) is 12.8. The molecule has 1 heterocycles. The summed E-state index contributed by atoms with van der Waals surface area (Å²) in [4.78, 5) is 8.20. The van der Waals surface area contributed by atoms with Crippen LogP contribution < -0.4 is 10.2 Å². The van der Waals surface area contributed by atoms with Crippen LogP contribution in [0.25, 0.3) is 0 Å². The van der Waals surface area contributed by atoms with Crippen molar-refractivity contribution in [1.82, 2.24) is 10.3 Å². The summed E-state index contributed by atoms with van der Waals surface area (Å²) in [5, 5.41) is 4.85. The molecule has 0 saturated heterocycles. The molecule has 1 N–H and O–H groups in total. The van der Waals surface area contributed by atoms with Gasteiger partial charge in [-0.2, -0.15) is 0 Å². The van der Waals surface area contributed by atoms with Gasteiger partial charge in [0.1, 0.15) is 0 Å². The van der Waals surface area contributed by atoms with Crippen molar-refractivity contribution in [2.75, 3.05) is 18.0 Å². The van der Waals surface area contributed by atoms with Crippen LogP contribution in [0.3, 0.4) is 0 Å². The van der Waals surface area contributed by atoms with Gasteiger partial charge < -0.3 is 10.2 Å². The molecule has 18 heavy (non-hydrogen) atoms. The van der Waals surface area contributed by atoms with Crippen LogP contribution >= 0.6 is 11.3 Å². The zero-order valence-electron chi connectivity index (χ0n) is 11.6. The van der Waals surface area contributed by atoms with E-state index in [0.29, 0.717) is 0 Å². The fourth-order valence-electron chi connectivity index (χ4n) is 2.57. The summed E-state index contributed by atoms with van der Waals surface area (Å²) in [6.45, 7) is 7.44. The SMILES string of the molecule is CCN(CC)c1ncc(CNC2CCCCC2)s1. The summed E-state index contributed by atoms with van der Waals surface area (Å²) in [6, 6.07) is 0.734. The van der Waals surface area contributed by atoms with Crippen LogP contribution in [0.5, 0.6) is 0 Å². The molecule has 3 nitrogen and oxygen atoms in total. The maximum atomic E-state index is 4.53. The van der Waals surface area contributed by atoms with Gasteiger partial charge in [0.25, 0.3) is 0 Å². The van der Waals surface area contributed by atoms with Gasteiger partial charge >= 0.3 is 0 Å². The topological polar surface area (TPSA) is 28.2 Å². The van der Waals surface area contributed by atoms with Crippen molar-refractivity contribution in [2.24, 2.45) is 0 Å². The van der Waals surface area contributed by atoms with E-state index in [1.807, 2.05) is 17.5 Å². The van der Waals surface area contributed by atoms with Crippen molar-refractivity contribution in [3.63, 3.8) is 0 Å². The molecule has 0 amide bonds. The number of anilines is 1. The highest BCUT2D eigenvalue weighted by molar-refractivity contribution is 7.15. The molecule has 0 unspecified atom stereocenters. The Morgan fingerprint density at radius 1 is 1.28 bits per heavy atom. The first-order valence-electron chi connectivity index (χ1n) is 7.26. The molecule has 0 bridgehead atoms. The standard InChI is InChI=1S/C14H25N3S/c1-3-17(4-2)14-16-11-13(18-14)10-15-12-8-6-5-7-9-12/h11-12,15H,3-10H2,1-2H3.